The first-order valence-electron chi connectivity index (χ1n) is 8.82. The van der Waals surface area contributed by atoms with E-state index in [9.17, 15) is 19.5 Å². The van der Waals surface area contributed by atoms with Crippen molar-refractivity contribution in [3.63, 3.8) is 0 Å². The lowest BCUT2D eigenvalue weighted by Crippen LogP contribution is -2.47. The van der Waals surface area contributed by atoms with Gasteiger partial charge in [-0.2, -0.15) is 0 Å². The van der Waals surface area contributed by atoms with E-state index in [0.29, 0.717) is 22.3 Å². The van der Waals surface area contributed by atoms with Crippen molar-refractivity contribution in [3.8, 4) is 5.75 Å². The molecule has 0 spiro atoms. The van der Waals surface area contributed by atoms with Gasteiger partial charge in [0.2, 0.25) is 5.91 Å². The lowest BCUT2D eigenvalue weighted by Gasteiger charge is -2.19. The molecule has 0 aliphatic rings. The summed E-state index contributed by atoms with van der Waals surface area (Å²) >= 11 is 0. The highest BCUT2D eigenvalue weighted by Crippen LogP contribution is 2.23. The first-order valence-corrected chi connectivity index (χ1v) is 8.82. The number of aliphatic hydroxyl groups is 1. The molecular formula is C21H20N2O6. The van der Waals surface area contributed by atoms with Gasteiger partial charge in [-0.15, -0.1) is 0 Å². The molecule has 0 unspecified atom stereocenters. The Balaban J connectivity index is 1.87. The van der Waals surface area contributed by atoms with Gasteiger partial charge in [-0.3, -0.25) is 9.59 Å². The molecule has 2 aromatic carbocycles. The smallest absolute Gasteiger partial charge is 0.336 e. The predicted molar refractivity (Wildman–Crippen MR) is 105 cm³/mol. The van der Waals surface area contributed by atoms with E-state index < -0.39 is 29.6 Å². The number of fused-ring (bicyclic) bond motifs is 1. The number of rotatable bonds is 7. The molecule has 1 heterocycles. The highest BCUT2D eigenvalue weighted by atomic mass is 16.5. The number of ether oxygens (including phenoxy) is 1. The zero-order valence-corrected chi connectivity index (χ0v) is 15.6. The number of hydrogen-bond acceptors (Lipinski definition) is 6. The maximum atomic E-state index is 12.4. The molecule has 2 atom stereocenters. The number of carbonyl (C=O) groups excluding carboxylic acids is 2. The molecule has 0 fully saturated rings. The molecule has 0 radical (unpaired) electrons. The van der Waals surface area contributed by atoms with Gasteiger partial charge in [-0.25, -0.2) is 4.79 Å². The van der Waals surface area contributed by atoms with Crippen LogP contribution in [0.1, 0.15) is 17.2 Å². The molecule has 0 saturated carbocycles. The Hall–Kier alpha value is -3.65. The molecule has 4 N–H and O–H groups in total. The van der Waals surface area contributed by atoms with Gasteiger partial charge in [0, 0.05) is 23.9 Å². The Labute approximate surface area is 165 Å². The van der Waals surface area contributed by atoms with Crippen LogP contribution in [0.15, 0.2) is 63.8 Å². The zero-order valence-electron chi connectivity index (χ0n) is 15.6. The Kier molecular flexibility index (Phi) is 5.94. The van der Waals surface area contributed by atoms with Crippen molar-refractivity contribution in [1.29, 1.82) is 0 Å². The van der Waals surface area contributed by atoms with Crippen molar-refractivity contribution in [3.05, 3.63) is 76.1 Å². The predicted octanol–water partition coefficient (Wildman–Crippen LogP) is 1.05. The van der Waals surface area contributed by atoms with Gasteiger partial charge < -0.3 is 25.3 Å². The highest BCUT2D eigenvalue weighted by Gasteiger charge is 2.25. The highest BCUT2D eigenvalue weighted by molar-refractivity contribution is 5.90. The third kappa shape index (κ3) is 4.61. The van der Waals surface area contributed by atoms with Crippen LogP contribution in [0.4, 0.5) is 0 Å². The third-order valence-electron chi connectivity index (χ3n) is 4.48. The molecule has 2 amide bonds. The van der Waals surface area contributed by atoms with E-state index in [0.717, 1.165) is 0 Å². The van der Waals surface area contributed by atoms with Gasteiger partial charge in [-0.05, 0) is 23.3 Å². The third-order valence-corrected chi connectivity index (χ3v) is 4.48. The second-order valence-electron chi connectivity index (χ2n) is 6.43. The molecule has 3 aromatic rings. The molecule has 1 aromatic heterocycles. The number of benzene rings is 2. The van der Waals surface area contributed by atoms with Crippen molar-refractivity contribution in [2.75, 3.05) is 7.11 Å². The van der Waals surface area contributed by atoms with Crippen LogP contribution >= 0.6 is 0 Å². The van der Waals surface area contributed by atoms with E-state index in [1.807, 2.05) is 0 Å². The van der Waals surface area contributed by atoms with Gasteiger partial charge >= 0.3 is 5.63 Å². The number of nitrogens with one attached hydrogen (secondary N) is 1. The van der Waals surface area contributed by atoms with E-state index in [2.05, 4.69) is 5.32 Å². The summed E-state index contributed by atoms with van der Waals surface area (Å²) in [6.45, 7) is 0. The van der Waals surface area contributed by atoms with E-state index >= 15 is 0 Å². The molecule has 8 heteroatoms. The van der Waals surface area contributed by atoms with Crippen molar-refractivity contribution < 1.29 is 23.8 Å². The van der Waals surface area contributed by atoms with E-state index in [1.165, 1.54) is 13.2 Å². The number of amides is 2. The van der Waals surface area contributed by atoms with Crippen LogP contribution in [-0.2, 0) is 16.0 Å². The fraction of sp³-hybridized carbons (Fsp3) is 0.190. The monoisotopic (exact) mass is 396 g/mol. The van der Waals surface area contributed by atoms with Crippen LogP contribution < -0.4 is 21.4 Å². The maximum Gasteiger partial charge on any atom is 0.336 e. The minimum absolute atomic E-state index is 0.0446. The number of methoxy groups -OCH3 is 1. The van der Waals surface area contributed by atoms with Crippen LogP contribution in [0.2, 0.25) is 0 Å². The summed E-state index contributed by atoms with van der Waals surface area (Å²) < 4.78 is 10.3. The van der Waals surface area contributed by atoms with Crippen LogP contribution in [0.25, 0.3) is 11.0 Å². The van der Waals surface area contributed by atoms with Crippen LogP contribution in [-0.4, -0.2) is 30.1 Å². The number of hydrogen-bond donors (Lipinski definition) is 3. The largest absolute Gasteiger partial charge is 0.497 e. The van der Waals surface area contributed by atoms with Crippen LogP contribution in [0, 0.1) is 0 Å². The average molecular weight is 396 g/mol. The minimum atomic E-state index is -1.46. The molecule has 150 valence electrons. The van der Waals surface area contributed by atoms with Gasteiger partial charge in [-0.1, -0.05) is 30.3 Å². The molecule has 29 heavy (non-hydrogen) atoms. The Morgan fingerprint density at radius 2 is 1.90 bits per heavy atom. The summed E-state index contributed by atoms with van der Waals surface area (Å²) in [5.74, 6) is -1.06. The summed E-state index contributed by atoms with van der Waals surface area (Å²) in [5.41, 5.74) is 5.96. The Morgan fingerprint density at radius 3 is 2.55 bits per heavy atom. The molecule has 0 aliphatic carbocycles. The standard InChI is InChI=1S/C21H20N2O6/c1-28-14-7-8-15-13(10-18(24)29-17(15)11-14)9-16(20(22)26)23-21(27)19(25)12-5-3-2-4-6-12/h2-8,10-11,16,19,25H,9H2,1H3,(H2,22,26)(H,23,27)/t16-,19-/m0/s1. The summed E-state index contributed by atoms with van der Waals surface area (Å²) in [4.78, 5) is 36.2. The SMILES string of the molecule is COc1ccc2c(C[C@H](NC(=O)[C@@H](O)c3ccccc3)C(N)=O)cc(=O)oc2c1. The average Bonchev–Trinajstić information content (AvgIpc) is 2.72. The van der Waals surface area contributed by atoms with Crippen molar-refractivity contribution in [2.24, 2.45) is 5.73 Å². The Morgan fingerprint density at radius 1 is 1.17 bits per heavy atom. The second kappa shape index (κ2) is 8.57. The number of nitrogens with two attached hydrogens (primary N) is 1. The fourth-order valence-electron chi connectivity index (χ4n) is 2.99. The number of aliphatic hydroxyl groups excluding tert-OH is 1. The molecule has 0 bridgehead atoms. The van der Waals surface area contributed by atoms with Crippen LogP contribution in [0.5, 0.6) is 5.75 Å². The van der Waals surface area contributed by atoms with Crippen molar-refractivity contribution in [1.82, 2.24) is 5.32 Å². The lowest BCUT2D eigenvalue weighted by atomic mass is 10.0. The van der Waals surface area contributed by atoms with Crippen molar-refractivity contribution in [2.45, 2.75) is 18.6 Å². The fourth-order valence-corrected chi connectivity index (χ4v) is 2.99. The number of carbonyl (C=O) groups is 2. The first kappa shape index (κ1) is 20.1. The van der Waals surface area contributed by atoms with Gasteiger partial charge in [0.05, 0.1) is 7.11 Å². The molecular weight excluding hydrogens is 376 g/mol. The van der Waals surface area contributed by atoms with Crippen LogP contribution in [0.3, 0.4) is 0 Å². The summed E-state index contributed by atoms with van der Waals surface area (Å²) in [6, 6.07) is 13.3. The second-order valence-corrected chi connectivity index (χ2v) is 6.43. The topological polar surface area (TPSA) is 132 Å². The lowest BCUT2D eigenvalue weighted by molar-refractivity contribution is -0.133. The quantitative estimate of drug-likeness (QED) is 0.512. The molecule has 0 saturated heterocycles. The van der Waals surface area contributed by atoms with Crippen molar-refractivity contribution >= 4 is 22.8 Å². The van der Waals surface area contributed by atoms with Gasteiger partial charge in [0.1, 0.15) is 17.4 Å². The first-order chi connectivity index (χ1) is 13.9. The van der Waals surface area contributed by atoms with Gasteiger partial charge in [0.15, 0.2) is 6.10 Å². The minimum Gasteiger partial charge on any atom is -0.497 e. The summed E-state index contributed by atoms with van der Waals surface area (Å²) in [6.07, 6.45) is -1.50. The zero-order chi connectivity index (χ0) is 21.0. The van der Waals surface area contributed by atoms with E-state index in [1.54, 1.807) is 48.5 Å². The normalized spacial score (nSPS) is 12.9. The van der Waals surface area contributed by atoms with E-state index in [-0.39, 0.29) is 12.0 Å². The molecule has 8 nitrogen and oxygen atoms in total. The van der Waals surface area contributed by atoms with Gasteiger partial charge in [0.25, 0.3) is 5.91 Å². The summed E-state index contributed by atoms with van der Waals surface area (Å²) in [7, 11) is 1.49. The number of primary amides is 1. The summed E-state index contributed by atoms with van der Waals surface area (Å²) in [5, 5.41) is 13.2. The Bertz CT molecular complexity index is 1090. The maximum absolute atomic E-state index is 12.4. The molecule has 0 aliphatic heterocycles. The molecule has 3 rings (SSSR count). The van der Waals surface area contributed by atoms with E-state index in [4.69, 9.17) is 14.9 Å².